The summed E-state index contributed by atoms with van der Waals surface area (Å²) in [6, 6.07) is -0.143. The molecule has 0 aromatic carbocycles. The van der Waals surface area contributed by atoms with Gasteiger partial charge in [0.15, 0.2) is 5.13 Å². The van der Waals surface area contributed by atoms with E-state index in [4.69, 9.17) is 4.42 Å². The van der Waals surface area contributed by atoms with Gasteiger partial charge >= 0.3 is 6.03 Å². The number of amides is 2. The maximum Gasteiger partial charge on any atom is 0.323 e. The number of rotatable bonds is 9. The Balaban J connectivity index is 1.79. The molecule has 0 radical (unpaired) electrons. The monoisotopic (exact) mass is 383 g/mol. The number of anilines is 1. The fraction of sp³-hybridized carbons (Fsp3) is 0.562. The predicted octanol–water partition coefficient (Wildman–Crippen LogP) is 3.40. The number of carbonyl (C=O) groups excluding carboxylic acids is 1. The molecule has 0 spiro atoms. The van der Waals surface area contributed by atoms with Gasteiger partial charge in [0, 0.05) is 26.6 Å². The molecule has 2 heterocycles. The van der Waals surface area contributed by atoms with E-state index in [0.717, 1.165) is 29.5 Å². The molecule has 25 heavy (non-hydrogen) atoms. The van der Waals surface area contributed by atoms with Gasteiger partial charge in [-0.3, -0.25) is 5.32 Å². The summed E-state index contributed by atoms with van der Waals surface area (Å²) in [6.45, 7) is 6.61. The molecule has 0 bridgehead atoms. The highest BCUT2D eigenvalue weighted by Gasteiger charge is 2.12. The van der Waals surface area contributed by atoms with Crippen LogP contribution >= 0.6 is 23.1 Å². The SMILES string of the molecule is CCc1cnc(CSc2cnc(NC(=O)N(C)CCN(C)CC)s2)o1. The molecule has 2 aromatic heterocycles. The van der Waals surface area contributed by atoms with Crippen LogP contribution in [0.15, 0.2) is 21.0 Å². The molecule has 2 amide bonds. The van der Waals surface area contributed by atoms with E-state index in [-0.39, 0.29) is 6.03 Å². The largest absolute Gasteiger partial charge is 0.445 e. The lowest BCUT2D eigenvalue weighted by molar-refractivity contribution is 0.214. The van der Waals surface area contributed by atoms with Gasteiger partial charge in [0.1, 0.15) is 5.76 Å². The summed E-state index contributed by atoms with van der Waals surface area (Å²) in [4.78, 5) is 24.5. The standard InChI is InChI=1S/C16H25N5O2S2/c1-5-12-9-17-13(23-12)11-24-14-10-18-15(25-14)19-16(22)21(4)8-7-20(3)6-2/h9-10H,5-8,11H2,1-4H3,(H,18,19,22). The van der Waals surface area contributed by atoms with Crippen molar-refractivity contribution in [2.45, 2.75) is 30.2 Å². The molecule has 2 rings (SSSR count). The lowest BCUT2D eigenvalue weighted by Crippen LogP contribution is -2.37. The highest BCUT2D eigenvalue weighted by molar-refractivity contribution is 8.00. The number of thioether (sulfide) groups is 1. The molecule has 0 aliphatic carbocycles. The number of thiazole rings is 1. The minimum Gasteiger partial charge on any atom is -0.445 e. The summed E-state index contributed by atoms with van der Waals surface area (Å²) in [5.41, 5.74) is 0. The number of urea groups is 1. The molecule has 0 aliphatic rings. The lowest BCUT2D eigenvalue weighted by atomic mass is 10.4. The highest BCUT2D eigenvalue weighted by atomic mass is 32.2. The Morgan fingerprint density at radius 1 is 1.28 bits per heavy atom. The van der Waals surface area contributed by atoms with E-state index in [1.807, 2.05) is 14.0 Å². The van der Waals surface area contributed by atoms with Crippen LogP contribution in [0.3, 0.4) is 0 Å². The topological polar surface area (TPSA) is 74.5 Å². The zero-order valence-electron chi connectivity index (χ0n) is 15.1. The molecule has 0 fully saturated rings. The number of carbonyl (C=O) groups is 1. The van der Waals surface area contributed by atoms with Crippen molar-refractivity contribution in [1.29, 1.82) is 0 Å². The van der Waals surface area contributed by atoms with E-state index >= 15 is 0 Å². The van der Waals surface area contributed by atoms with Crippen molar-refractivity contribution in [2.75, 3.05) is 39.0 Å². The molecule has 0 aliphatic heterocycles. The van der Waals surface area contributed by atoms with Gasteiger partial charge in [0.05, 0.1) is 22.4 Å². The molecule has 138 valence electrons. The van der Waals surface area contributed by atoms with Crippen LogP contribution in [-0.2, 0) is 12.2 Å². The summed E-state index contributed by atoms with van der Waals surface area (Å²) >= 11 is 3.05. The Morgan fingerprint density at radius 2 is 2.08 bits per heavy atom. The van der Waals surface area contributed by atoms with E-state index in [9.17, 15) is 4.79 Å². The van der Waals surface area contributed by atoms with E-state index in [1.165, 1.54) is 11.3 Å². The quantitative estimate of drug-likeness (QED) is 0.669. The van der Waals surface area contributed by atoms with Crippen molar-refractivity contribution in [3.05, 3.63) is 24.0 Å². The summed E-state index contributed by atoms with van der Waals surface area (Å²) in [5.74, 6) is 2.25. The van der Waals surface area contributed by atoms with Crippen molar-refractivity contribution in [1.82, 2.24) is 19.8 Å². The highest BCUT2D eigenvalue weighted by Crippen LogP contribution is 2.30. The average molecular weight is 384 g/mol. The van der Waals surface area contributed by atoms with Crippen LogP contribution in [0.25, 0.3) is 0 Å². The van der Waals surface area contributed by atoms with Crippen LogP contribution < -0.4 is 5.32 Å². The number of likely N-dealkylation sites (N-methyl/N-ethyl adjacent to an activating group) is 2. The molecular formula is C16H25N5O2S2. The summed E-state index contributed by atoms with van der Waals surface area (Å²) in [7, 11) is 3.82. The molecule has 0 unspecified atom stereocenters. The van der Waals surface area contributed by atoms with Gasteiger partial charge in [-0.05, 0) is 13.6 Å². The normalized spacial score (nSPS) is 11.1. The van der Waals surface area contributed by atoms with Crippen molar-refractivity contribution in [2.24, 2.45) is 0 Å². The van der Waals surface area contributed by atoms with E-state index in [1.54, 1.807) is 36.1 Å². The molecule has 7 nitrogen and oxygen atoms in total. The first-order valence-electron chi connectivity index (χ1n) is 8.24. The molecule has 1 N–H and O–H groups in total. The number of aryl methyl sites for hydroxylation is 1. The molecule has 9 heteroatoms. The van der Waals surface area contributed by atoms with Crippen LogP contribution in [0, 0.1) is 0 Å². The molecule has 2 aromatic rings. The van der Waals surface area contributed by atoms with Crippen LogP contribution in [0.4, 0.5) is 9.93 Å². The van der Waals surface area contributed by atoms with Crippen LogP contribution in [-0.4, -0.2) is 59.5 Å². The number of nitrogens with one attached hydrogen (secondary N) is 1. The third kappa shape index (κ3) is 6.33. The number of aromatic nitrogens is 2. The third-order valence-electron chi connectivity index (χ3n) is 3.69. The fourth-order valence-electron chi connectivity index (χ4n) is 1.86. The van der Waals surface area contributed by atoms with Crippen molar-refractivity contribution >= 4 is 34.3 Å². The Bertz CT molecular complexity index is 673. The minimum atomic E-state index is -0.143. The van der Waals surface area contributed by atoms with Gasteiger partial charge in [-0.25, -0.2) is 14.8 Å². The smallest absolute Gasteiger partial charge is 0.323 e. The summed E-state index contributed by atoms with van der Waals surface area (Å²) in [6.07, 6.45) is 4.37. The number of oxazole rings is 1. The Kier molecular flexibility index (Phi) is 7.73. The maximum absolute atomic E-state index is 12.2. The number of hydrogen-bond donors (Lipinski definition) is 1. The Morgan fingerprint density at radius 3 is 2.76 bits per heavy atom. The zero-order chi connectivity index (χ0) is 18.2. The first-order valence-corrected chi connectivity index (χ1v) is 10.0. The van der Waals surface area contributed by atoms with Crippen LogP contribution in [0.1, 0.15) is 25.5 Å². The lowest BCUT2D eigenvalue weighted by Gasteiger charge is -2.20. The van der Waals surface area contributed by atoms with E-state index in [2.05, 4.69) is 27.1 Å². The van der Waals surface area contributed by atoms with Gasteiger partial charge in [-0.15, -0.1) is 11.8 Å². The first kappa shape index (κ1) is 19.7. The van der Waals surface area contributed by atoms with Crippen molar-refractivity contribution in [3.8, 4) is 0 Å². The van der Waals surface area contributed by atoms with Crippen LogP contribution in [0.2, 0.25) is 0 Å². The Labute approximate surface area is 156 Å². The molecule has 0 saturated heterocycles. The Hall–Kier alpha value is -1.58. The van der Waals surface area contributed by atoms with E-state index in [0.29, 0.717) is 23.3 Å². The molecular weight excluding hydrogens is 358 g/mol. The fourth-order valence-corrected chi connectivity index (χ4v) is 3.58. The second-order valence-electron chi connectivity index (χ2n) is 5.59. The minimum absolute atomic E-state index is 0.143. The van der Waals surface area contributed by atoms with Crippen molar-refractivity contribution in [3.63, 3.8) is 0 Å². The van der Waals surface area contributed by atoms with E-state index < -0.39 is 0 Å². The molecule has 0 atom stereocenters. The van der Waals surface area contributed by atoms with Gasteiger partial charge in [-0.1, -0.05) is 25.2 Å². The van der Waals surface area contributed by atoms with Gasteiger partial charge in [0.25, 0.3) is 0 Å². The zero-order valence-corrected chi connectivity index (χ0v) is 16.7. The predicted molar refractivity (Wildman–Crippen MR) is 102 cm³/mol. The van der Waals surface area contributed by atoms with Crippen molar-refractivity contribution < 1.29 is 9.21 Å². The third-order valence-corrected chi connectivity index (χ3v) is 5.78. The second-order valence-corrected chi connectivity index (χ2v) is 7.90. The summed E-state index contributed by atoms with van der Waals surface area (Å²) in [5, 5.41) is 3.44. The number of nitrogens with zero attached hydrogens (tertiary/aromatic N) is 4. The second kappa shape index (κ2) is 9.79. The van der Waals surface area contributed by atoms with Crippen LogP contribution in [0.5, 0.6) is 0 Å². The van der Waals surface area contributed by atoms with Gasteiger partial charge < -0.3 is 14.2 Å². The van der Waals surface area contributed by atoms with Gasteiger partial charge in [-0.2, -0.15) is 0 Å². The summed E-state index contributed by atoms with van der Waals surface area (Å²) < 4.78 is 6.60. The first-order chi connectivity index (χ1) is 12.0. The average Bonchev–Trinajstić information content (AvgIpc) is 3.26. The van der Waals surface area contributed by atoms with Gasteiger partial charge in [0.2, 0.25) is 5.89 Å². The number of hydrogen-bond acceptors (Lipinski definition) is 7. The molecule has 0 saturated carbocycles. The maximum atomic E-state index is 12.2.